The fourth-order valence-electron chi connectivity index (χ4n) is 1.51. The number of nitrogens with zero attached hydrogens (tertiary/aromatic N) is 1. The Morgan fingerprint density at radius 3 is 2.93 bits per heavy atom. The minimum Gasteiger partial charge on any atom is -0.340 e. The maximum atomic E-state index is 11.6. The fraction of sp³-hybridized carbons (Fsp3) is 0.889. The van der Waals surface area contributed by atoms with Crippen LogP contribution in [-0.2, 0) is 4.79 Å². The molecule has 0 saturated carbocycles. The molecular weight excluding hydrogens is 220 g/mol. The molecule has 1 saturated heterocycles. The second-order valence-electron chi connectivity index (χ2n) is 3.44. The Kier molecular flexibility index (Phi) is 7.41. The molecular formula is C9H19ClN2OS. The molecule has 0 aromatic heterocycles. The molecule has 1 atom stereocenters. The normalized spacial score (nSPS) is 21.6. The zero-order valence-corrected chi connectivity index (χ0v) is 10.4. The molecule has 0 spiro atoms. The van der Waals surface area contributed by atoms with Crippen molar-refractivity contribution in [3.63, 3.8) is 0 Å². The summed E-state index contributed by atoms with van der Waals surface area (Å²) in [7, 11) is 0. The summed E-state index contributed by atoms with van der Waals surface area (Å²) in [6.07, 6.45) is 2.72. The molecule has 1 heterocycles. The Labute approximate surface area is 96.4 Å². The van der Waals surface area contributed by atoms with Crippen molar-refractivity contribution in [1.82, 2.24) is 10.2 Å². The molecule has 84 valence electrons. The van der Waals surface area contributed by atoms with Crippen LogP contribution in [0.15, 0.2) is 0 Å². The molecule has 5 heteroatoms. The van der Waals surface area contributed by atoms with Gasteiger partial charge in [0, 0.05) is 37.8 Å². The Morgan fingerprint density at radius 1 is 1.64 bits per heavy atom. The number of amides is 1. The molecule has 1 N–H and O–H groups in total. The quantitative estimate of drug-likeness (QED) is 0.796. The predicted octanol–water partition coefficient (Wildman–Crippen LogP) is 0.982. The summed E-state index contributed by atoms with van der Waals surface area (Å²) in [4.78, 5) is 13.6. The molecule has 1 rings (SSSR count). The van der Waals surface area contributed by atoms with E-state index in [1.54, 1.807) is 11.8 Å². The second kappa shape index (κ2) is 7.37. The smallest absolute Gasteiger partial charge is 0.223 e. The Morgan fingerprint density at radius 2 is 2.36 bits per heavy atom. The average molecular weight is 239 g/mol. The Balaban J connectivity index is 0.00000169. The van der Waals surface area contributed by atoms with Gasteiger partial charge in [0.2, 0.25) is 5.91 Å². The SMILES string of the molecule is CSCCC(=O)N1CCN[C@@H](C)C1.Cl. The summed E-state index contributed by atoms with van der Waals surface area (Å²) in [5.41, 5.74) is 0. The number of rotatable bonds is 3. The summed E-state index contributed by atoms with van der Waals surface area (Å²) in [5, 5.41) is 3.32. The van der Waals surface area contributed by atoms with Crippen molar-refractivity contribution in [2.45, 2.75) is 19.4 Å². The van der Waals surface area contributed by atoms with Gasteiger partial charge in [-0.1, -0.05) is 0 Å². The first-order valence-corrected chi connectivity index (χ1v) is 6.13. The number of carbonyl (C=O) groups is 1. The van der Waals surface area contributed by atoms with Crippen LogP contribution in [0.25, 0.3) is 0 Å². The van der Waals surface area contributed by atoms with Gasteiger partial charge in [0.05, 0.1) is 0 Å². The van der Waals surface area contributed by atoms with E-state index in [4.69, 9.17) is 0 Å². The van der Waals surface area contributed by atoms with Crippen LogP contribution in [0, 0.1) is 0 Å². The molecule has 0 aliphatic carbocycles. The van der Waals surface area contributed by atoms with Gasteiger partial charge in [0.1, 0.15) is 0 Å². The van der Waals surface area contributed by atoms with E-state index < -0.39 is 0 Å². The number of halogens is 1. The van der Waals surface area contributed by atoms with Gasteiger partial charge in [-0.25, -0.2) is 0 Å². The van der Waals surface area contributed by atoms with E-state index in [2.05, 4.69) is 12.2 Å². The topological polar surface area (TPSA) is 32.3 Å². The van der Waals surface area contributed by atoms with Crippen LogP contribution in [0.5, 0.6) is 0 Å². The number of thioether (sulfide) groups is 1. The van der Waals surface area contributed by atoms with E-state index in [1.165, 1.54) is 0 Å². The number of hydrogen-bond donors (Lipinski definition) is 1. The van der Waals surface area contributed by atoms with Crippen molar-refractivity contribution in [3.05, 3.63) is 0 Å². The van der Waals surface area contributed by atoms with E-state index in [1.807, 2.05) is 11.2 Å². The van der Waals surface area contributed by atoms with Crippen LogP contribution in [-0.4, -0.2) is 48.5 Å². The zero-order valence-electron chi connectivity index (χ0n) is 8.78. The lowest BCUT2D eigenvalue weighted by atomic mass is 10.2. The molecule has 1 fully saturated rings. The lowest BCUT2D eigenvalue weighted by Gasteiger charge is -2.31. The molecule has 1 aliphatic rings. The molecule has 14 heavy (non-hydrogen) atoms. The minimum absolute atomic E-state index is 0. The van der Waals surface area contributed by atoms with Gasteiger partial charge in [-0.3, -0.25) is 4.79 Å². The Hall–Kier alpha value is 0.0700. The Bertz CT molecular complexity index is 180. The highest BCUT2D eigenvalue weighted by Crippen LogP contribution is 2.04. The molecule has 0 bridgehead atoms. The van der Waals surface area contributed by atoms with E-state index in [0.717, 1.165) is 25.4 Å². The van der Waals surface area contributed by atoms with Crippen molar-refractivity contribution in [1.29, 1.82) is 0 Å². The largest absolute Gasteiger partial charge is 0.340 e. The van der Waals surface area contributed by atoms with Crippen LogP contribution in [0.4, 0.5) is 0 Å². The molecule has 0 aromatic carbocycles. The van der Waals surface area contributed by atoms with Crippen molar-refractivity contribution in [2.75, 3.05) is 31.6 Å². The number of hydrogen-bond acceptors (Lipinski definition) is 3. The van der Waals surface area contributed by atoms with Crippen molar-refractivity contribution >= 4 is 30.1 Å². The van der Waals surface area contributed by atoms with E-state index >= 15 is 0 Å². The maximum Gasteiger partial charge on any atom is 0.223 e. The van der Waals surface area contributed by atoms with Gasteiger partial charge in [0.25, 0.3) is 0 Å². The maximum absolute atomic E-state index is 11.6. The summed E-state index contributed by atoms with van der Waals surface area (Å²) in [6, 6.07) is 0.451. The highest BCUT2D eigenvalue weighted by molar-refractivity contribution is 7.98. The number of piperazine rings is 1. The van der Waals surface area contributed by atoms with Crippen molar-refractivity contribution in [3.8, 4) is 0 Å². The highest BCUT2D eigenvalue weighted by atomic mass is 35.5. The second-order valence-corrected chi connectivity index (χ2v) is 4.42. The molecule has 1 aliphatic heterocycles. The third-order valence-electron chi connectivity index (χ3n) is 2.24. The minimum atomic E-state index is 0. The number of nitrogens with one attached hydrogen (secondary N) is 1. The number of carbonyl (C=O) groups excluding carboxylic acids is 1. The van der Waals surface area contributed by atoms with E-state index in [0.29, 0.717) is 18.4 Å². The van der Waals surface area contributed by atoms with E-state index in [-0.39, 0.29) is 12.4 Å². The first-order chi connectivity index (χ1) is 6.24. The summed E-state index contributed by atoms with van der Waals surface area (Å²) >= 11 is 1.73. The van der Waals surface area contributed by atoms with Crippen LogP contribution in [0.3, 0.4) is 0 Å². The monoisotopic (exact) mass is 238 g/mol. The first-order valence-electron chi connectivity index (χ1n) is 4.74. The van der Waals surface area contributed by atoms with Gasteiger partial charge in [-0.2, -0.15) is 11.8 Å². The highest BCUT2D eigenvalue weighted by Gasteiger charge is 2.19. The van der Waals surface area contributed by atoms with Crippen LogP contribution in [0.1, 0.15) is 13.3 Å². The molecule has 0 radical (unpaired) electrons. The lowest BCUT2D eigenvalue weighted by molar-refractivity contribution is -0.131. The molecule has 0 unspecified atom stereocenters. The lowest BCUT2D eigenvalue weighted by Crippen LogP contribution is -2.51. The van der Waals surface area contributed by atoms with Crippen LogP contribution < -0.4 is 5.32 Å². The van der Waals surface area contributed by atoms with Gasteiger partial charge in [-0.05, 0) is 13.2 Å². The van der Waals surface area contributed by atoms with Gasteiger partial charge in [-0.15, -0.1) is 12.4 Å². The van der Waals surface area contributed by atoms with Gasteiger partial charge >= 0.3 is 0 Å². The zero-order chi connectivity index (χ0) is 9.68. The van der Waals surface area contributed by atoms with Crippen LogP contribution >= 0.6 is 24.2 Å². The molecule has 0 aromatic rings. The average Bonchev–Trinajstić information content (AvgIpc) is 2.14. The van der Waals surface area contributed by atoms with Gasteiger partial charge in [0.15, 0.2) is 0 Å². The summed E-state index contributed by atoms with van der Waals surface area (Å²) in [5.74, 6) is 1.25. The molecule has 3 nitrogen and oxygen atoms in total. The predicted molar refractivity (Wildman–Crippen MR) is 64.3 cm³/mol. The standard InChI is InChI=1S/C9H18N2OS.ClH/c1-8-7-11(5-4-10-8)9(12)3-6-13-2;/h8,10H,3-7H2,1-2H3;1H/t8-;/m0./s1. The summed E-state index contributed by atoms with van der Waals surface area (Å²) < 4.78 is 0. The van der Waals surface area contributed by atoms with Crippen molar-refractivity contribution < 1.29 is 4.79 Å². The van der Waals surface area contributed by atoms with Gasteiger partial charge < -0.3 is 10.2 Å². The fourth-order valence-corrected chi connectivity index (χ4v) is 1.89. The van der Waals surface area contributed by atoms with Crippen molar-refractivity contribution in [2.24, 2.45) is 0 Å². The third kappa shape index (κ3) is 4.53. The third-order valence-corrected chi connectivity index (χ3v) is 2.85. The first kappa shape index (κ1) is 14.1. The van der Waals surface area contributed by atoms with Crippen LogP contribution in [0.2, 0.25) is 0 Å². The summed E-state index contributed by atoms with van der Waals surface area (Å²) in [6.45, 7) is 4.80. The van der Waals surface area contributed by atoms with E-state index in [9.17, 15) is 4.79 Å². The molecule has 1 amide bonds.